The summed E-state index contributed by atoms with van der Waals surface area (Å²) >= 11 is 0. The highest BCUT2D eigenvalue weighted by molar-refractivity contribution is 6.25. The van der Waals surface area contributed by atoms with Crippen LogP contribution in [0, 0.1) is 0 Å². The van der Waals surface area contributed by atoms with Crippen molar-refractivity contribution in [3.63, 3.8) is 0 Å². The maximum absolute atomic E-state index is 12.8. The number of carbonyl (C=O) groups is 2. The molecule has 2 saturated heterocycles. The van der Waals surface area contributed by atoms with Crippen LogP contribution >= 0.6 is 0 Å². The fourth-order valence-corrected chi connectivity index (χ4v) is 3.87. The van der Waals surface area contributed by atoms with Gasteiger partial charge in [-0.05, 0) is 25.7 Å². The number of rotatable bonds is 5. The summed E-state index contributed by atoms with van der Waals surface area (Å²) in [6.45, 7) is 4.96. The number of hydrogen-bond acceptors (Lipinski definition) is 2. The molecule has 0 bridgehead atoms. The van der Waals surface area contributed by atoms with Gasteiger partial charge in [0.2, 0.25) is 11.9 Å². The highest BCUT2D eigenvalue weighted by Gasteiger charge is 2.54. The Labute approximate surface area is 150 Å². The lowest BCUT2D eigenvalue weighted by Crippen LogP contribution is -2.63. The molecule has 7 nitrogen and oxygen atoms in total. The molecule has 3 rings (SSSR count). The van der Waals surface area contributed by atoms with E-state index in [1.54, 1.807) is 14.1 Å². The van der Waals surface area contributed by atoms with Gasteiger partial charge in [0.1, 0.15) is 0 Å². The van der Waals surface area contributed by atoms with Crippen LogP contribution in [0.5, 0.6) is 0 Å². The lowest BCUT2D eigenvalue weighted by atomic mass is 10.1. The standard InChI is InChI=1S/C18H30N5O2/c1-4-5-6-10-13-23-14-15(20(2)18(25)21(3)16(14)24)19-17(23)22-11-8-7-9-12-22/h14H,4-13H2,1-3H3/q+1. The molecule has 0 radical (unpaired) electrons. The summed E-state index contributed by atoms with van der Waals surface area (Å²) in [6.07, 6.45) is 8.15. The summed E-state index contributed by atoms with van der Waals surface area (Å²) in [5.74, 6) is 1.31. The molecule has 0 N–H and O–H groups in total. The number of aliphatic imine (C=N–C) groups is 1. The van der Waals surface area contributed by atoms with E-state index in [0.29, 0.717) is 5.84 Å². The van der Waals surface area contributed by atoms with E-state index in [4.69, 9.17) is 4.99 Å². The van der Waals surface area contributed by atoms with Crippen LogP contribution in [0.1, 0.15) is 51.9 Å². The van der Waals surface area contributed by atoms with Gasteiger partial charge in [-0.2, -0.15) is 0 Å². The molecule has 3 aliphatic rings. The van der Waals surface area contributed by atoms with Gasteiger partial charge < -0.3 is 0 Å². The van der Waals surface area contributed by atoms with E-state index in [0.717, 1.165) is 51.3 Å². The van der Waals surface area contributed by atoms with E-state index in [-0.39, 0.29) is 11.9 Å². The van der Waals surface area contributed by atoms with Crippen LogP contribution in [0.3, 0.4) is 0 Å². The number of guanidine groups is 1. The molecule has 0 saturated carbocycles. The maximum atomic E-state index is 12.8. The van der Waals surface area contributed by atoms with E-state index < -0.39 is 6.04 Å². The lowest BCUT2D eigenvalue weighted by Gasteiger charge is -2.33. The Balaban J connectivity index is 1.91. The van der Waals surface area contributed by atoms with Gasteiger partial charge in [0, 0.05) is 14.1 Å². The molecule has 0 aromatic heterocycles. The van der Waals surface area contributed by atoms with Gasteiger partial charge in [-0.1, -0.05) is 31.2 Å². The second-order valence-corrected chi connectivity index (χ2v) is 7.21. The lowest BCUT2D eigenvalue weighted by molar-refractivity contribution is -0.542. The molecule has 3 heterocycles. The van der Waals surface area contributed by atoms with Gasteiger partial charge in [0.25, 0.3) is 5.91 Å². The van der Waals surface area contributed by atoms with Gasteiger partial charge >= 0.3 is 12.0 Å². The molecule has 2 fully saturated rings. The van der Waals surface area contributed by atoms with Crippen molar-refractivity contribution in [3.8, 4) is 0 Å². The molecule has 25 heavy (non-hydrogen) atoms. The molecule has 0 aromatic rings. The normalized spacial score (nSPS) is 24.2. The molecule has 0 spiro atoms. The first-order chi connectivity index (χ1) is 12.1. The van der Waals surface area contributed by atoms with Crippen LogP contribution in [-0.4, -0.2) is 82.8 Å². The Hall–Kier alpha value is -1.92. The zero-order valence-electron chi connectivity index (χ0n) is 15.7. The van der Waals surface area contributed by atoms with Gasteiger partial charge in [-0.3, -0.25) is 19.2 Å². The number of imide groups is 1. The molecule has 3 amide bonds. The third-order valence-electron chi connectivity index (χ3n) is 5.40. The van der Waals surface area contributed by atoms with E-state index in [1.165, 1.54) is 29.1 Å². The largest absolute Gasteiger partial charge is 0.392 e. The second-order valence-electron chi connectivity index (χ2n) is 7.21. The SMILES string of the molecule is CCCCCCN1C(=[N+]2CCCCC2)N=C2C1C(=O)N(C)C(=O)N2C. The Morgan fingerprint density at radius 2 is 1.76 bits per heavy atom. The predicted molar refractivity (Wildman–Crippen MR) is 96.9 cm³/mol. The highest BCUT2D eigenvalue weighted by atomic mass is 16.2. The topological polar surface area (TPSA) is 59.2 Å². The van der Waals surface area contributed by atoms with Gasteiger partial charge in [0.05, 0.1) is 19.6 Å². The zero-order valence-corrected chi connectivity index (χ0v) is 15.7. The molecule has 0 aliphatic carbocycles. The van der Waals surface area contributed by atoms with Crippen LogP contribution in [0.2, 0.25) is 0 Å². The number of piperidine rings is 1. The quantitative estimate of drug-likeness (QED) is 0.561. The number of hydrogen-bond donors (Lipinski definition) is 0. The number of urea groups is 1. The van der Waals surface area contributed by atoms with E-state index in [1.807, 2.05) is 0 Å². The highest BCUT2D eigenvalue weighted by Crippen LogP contribution is 2.24. The van der Waals surface area contributed by atoms with Crippen LogP contribution in [0.15, 0.2) is 4.99 Å². The van der Waals surface area contributed by atoms with Gasteiger partial charge in [-0.25, -0.2) is 9.69 Å². The Kier molecular flexibility index (Phi) is 5.39. The summed E-state index contributed by atoms with van der Waals surface area (Å²) in [5, 5.41) is 0. The van der Waals surface area contributed by atoms with E-state index >= 15 is 0 Å². The first-order valence-corrected chi connectivity index (χ1v) is 9.58. The average molecular weight is 348 g/mol. The number of fused-ring (bicyclic) bond motifs is 1. The molecule has 3 aliphatic heterocycles. The van der Waals surface area contributed by atoms with Crippen LogP contribution in [0.4, 0.5) is 4.79 Å². The Bertz CT molecular complexity index is 605. The molecular formula is C18H30N5O2+. The third kappa shape index (κ3) is 3.28. The van der Waals surface area contributed by atoms with Crippen molar-refractivity contribution in [2.75, 3.05) is 33.7 Å². The van der Waals surface area contributed by atoms with Gasteiger partial charge in [0.15, 0.2) is 0 Å². The van der Waals surface area contributed by atoms with Crippen molar-refractivity contribution >= 4 is 23.7 Å². The van der Waals surface area contributed by atoms with Crippen LogP contribution in [0.25, 0.3) is 0 Å². The van der Waals surface area contributed by atoms with E-state index in [2.05, 4.69) is 16.4 Å². The molecule has 1 atom stereocenters. The number of unbranched alkanes of at least 4 members (excludes halogenated alkanes) is 3. The average Bonchev–Trinajstić information content (AvgIpc) is 3.02. The third-order valence-corrected chi connectivity index (χ3v) is 5.40. The smallest absolute Gasteiger partial charge is 0.270 e. The first kappa shape index (κ1) is 17.9. The number of carbonyl (C=O) groups excluding carboxylic acids is 2. The second kappa shape index (κ2) is 7.54. The number of likely N-dealkylation sites (N-methyl/N-ethyl adjacent to an activating group) is 2. The van der Waals surface area contributed by atoms with Crippen molar-refractivity contribution in [2.45, 2.75) is 57.9 Å². The summed E-state index contributed by atoms with van der Waals surface area (Å²) in [5.41, 5.74) is 0. The molecule has 1 unspecified atom stereocenters. The number of amides is 3. The van der Waals surface area contributed by atoms with Crippen molar-refractivity contribution in [1.29, 1.82) is 0 Å². The fraction of sp³-hybridized carbons (Fsp3) is 0.778. The Morgan fingerprint density at radius 1 is 1.04 bits per heavy atom. The molecular weight excluding hydrogens is 318 g/mol. The van der Waals surface area contributed by atoms with Crippen LogP contribution < -0.4 is 0 Å². The minimum absolute atomic E-state index is 0.163. The maximum Gasteiger partial charge on any atom is 0.392 e. The summed E-state index contributed by atoms with van der Waals surface area (Å²) in [4.78, 5) is 34.8. The number of amidine groups is 1. The minimum atomic E-state index is -0.453. The van der Waals surface area contributed by atoms with Crippen LogP contribution in [-0.2, 0) is 4.79 Å². The first-order valence-electron chi connectivity index (χ1n) is 9.58. The number of nitrogens with zero attached hydrogens (tertiary/aromatic N) is 5. The Morgan fingerprint density at radius 3 is 2.44 bits per heavy atom. The van der Waals surface area contributed by atoms with Crippen molar-refractivity contribution < 1.29 is 14.2 Å². The van der Waals surface area contributed by atoms with E-state index in [9.17, 15) is 9.59 Å². The predicted octanol–water partition coefficient (Wildman–Crippen LogP) is 1.73. The monoisotopic (exact) mass is 348 g/mol. The van der Waals surface area contributed by atoms with Crippen molar-refractivity contribution in [1.82, 2.24) is 14.7 Å². The molecule has 0 aromatic carbocycles. The minimum Gasteiger partial charge on any atom is -0.270 e. The summed E-state index contributed by atoms with van der Waals surface area (Å²) in [7, 11) is 3.28. The zero-order chi connectivity index (χ0) is 18.0. The van der Waals surface area contributed by atoms with Gasteiger partial charge in [-0.15, -0.1) is 0 Å². The fourth-order valence-electron chi connectivity index (χ4n) is 3.87. The summed E-state index contributed by atoms with van der Waals surface area (Å²) in [6, 6.07) is -0.753. The molecule has 138 valence electrons. The van der Waals surface area contributed by atoms with Crippen molar-refractivity contribution in [3.05, 3.63) is 0 Å². The summed E-state index contributed by atoms with van der Waals surface area (Å²) < 4.78 is 2.29. The molecule has 7 heteroatoms. The van der Waals surface area contributed by atoms with Crippen molar-refractivity contribution in [2.24, 2.45) is 4.99 Å².